The number of thiophene rings is 1. The molecule has 2 aromatic rings. The van der Waals surface area contributed by atoms with Crippen molar-refractivity contribution in [2.45, 2.75) is 25.5 Å². The molecule has 0 aromatic carbocycles. The largest absolute Gasteiger partial charge is 0.740 e. The first-order valence-corrected chi connectivity index (χ1v) is 7.52. The van der Waals surface area contributed by atoms with E-state index in [4.69, 9.17) is 12.6 Å². The van der Waals surface area contributed by atoms with Crippen molar-refractivity contribution >= 4 is 24.0 Å². The molecule has 0 radical (unpaired) electrons. The maximum Gasteiger partial charge on any atom is 0.172 e. The molecule has 0 spiro atoms. The lowest BCUT2D eigenvalue weighted by molar-refractivity contribution is -0.897. The fourth-order valence-electron chi connectivity index (χ4n) is 1.95. The third-order valence-electron chi connectivity index (χ3n) is 3.15. The Balaban J connectivity index is 2.15. The number of hydrogen-bond acceptors (Lipinski definition) is 4. The summed E-state index contributed by atoms with van der Waals surface area (Å²) >= 11 is 6.93. The molecule has 18 heavy (non-hydrogen) atoms. The Morgan fingerprint density at radius 1 is 1.33 bits per heavy atom. The summed E-state index contributed by atoms with van der Waals surface area (Å²) in [6.45, 7) is 8.64. The molecular formula is C12H18N4S2. The van der Waals surface area contributed by atoms with Crippen LogP contribution in [0.4, 0.5) is 0 Å². The highest BCUT2D eigenvalue weighted by molar-refractivity contribution is 7.58. The van der Waals surface area contributed by atoms with Crippen LogP contribution in [0.3, 0.4) is 0 Å². The Hall–Kier alpha value is -0.980. The molecule has 4 nitrogen and oxygen atoms in total. The van der Waals surface area contributed by atoms with E-state index in [1.54, 1.807) is 16.2 Å². The molecule has 0 aliphatic rings. The molecule has 0 saturated heterocycles. The highest BCUT2D eigenvalue weighted by Crippen LogP contribution is 2.23. The van der Waals surface area contributed by atoms with Crippen LogP contribution in [-0.4, -0.2) is 34.4 Å². The van der Waals surface area contributed by atoms with Crippen LogP contribution in [0.5, 0.6) is 0 Å². The third kappa shape index (κ3) is 2.88. The first-order valence-electron chi connectivity index (χ1n) is 6.23. The maximum absolute atomic E-state index is 5.26. The Labute approximate surface area is 117 Å². The van der Waals surface area contributed by atoms with Gasteiger partial charge >= 0.3 is 0 Å². The zero-order chi connectivity index (χ0) is 13.0. The average molecular weight is 282 g/mol. The zero-order valence-corrected chi connectivity index (χ0v) is 12.4. The van der Waals surface area contributed by atoms with Crippen molar-refractivity contribution in [1.82, 2.24) is 14.8 Å². The molecule has 0 atom stereocenters. The van der Waals surface area contributed by atoms with Gasteiger partial charge in [-0.1, -0.05) is 6.07 Å². The van der Waals surface area contributed by atoms with Gasteiger partial charge in [-0.25, -0.2) is 0 Å². The van der Waals surface area contributed by atoms with E-state index in [0.717, 1.165) is 36.9 Å². The van der Waals surface area contributed by atoms with Crippen LogP contribution >= 0.6 is 11.3 Å². The van der Waals surface area contributed by atoms with Crippen LogP contribution in [0.1, 0.15) is 13.8 Å². The first kappa shape index (κ1) is 13.5. The average Bonchev–Trinajstić information content (AvgIpc) is 3.00. The van der Waals surface area contributed by atoms with E-state index in [9.17, 15) is 0 Å². The molecule has 0 unspecified atom stereocenters. The number of rotatable bonds is 6. The molecule has 2 aromatic heterocycles. The van der Waals surface area contributed by atoms with Crippen LogP contribution in [0.2, 0.25) is 0 Å². The van der Waals surface area contributed by atoms with Gasteiger partial charge in [0.05, 0.1) is 31.1 Å². The van der Waals surface area contributed by atoms with Gasteiger partial charge in [-0.05, 0) is 25.3 Å². The maximum atomic E-state index is 5.26. The number of nitrogens with zero attached hydrogens (tertiary/aromatic N) is 3. The number of hydrogen-bond donors (Lipinski definition) is 1. The molecule has 0 aliphatic carbocycles. The van der Waals surface area contributed by atoms with Crippen molar-refractivity contribution in [3.8, 4) is 10.7 Å². The summed E-state index contributed by atoms with van der Waals surface area (Å²) < 4.78 is 2.05. The molecule has 6 heteroatoms. The molecule has 0 amide bonds. The molecular weight excluding hydrogens is 264 g/mol. The Morgan fingerprint density at radius 2 is 2.11 bits per heavy atom. The molecule has 98 valence electrons. The monoisotopic (exact) mass is 282 g/mol. The SMILES string of the molecule is CC[NH+](CC)CCn1c([S-])nnc1-c1cccs1. The Morgan fingerprint density at radius 3 is 2.72 bits per heavy atom. The van der Waals surface area contributed by atoms with Gasteiger partial charge in [0.15, 0.2) is 5.82 Å². The zero-order valence-electron chi connectivity index (χ0n) is 10.7. The lowest BCUT2D eigenvalue weighted by Gasteiger charge is -2.18. The van der Waals surface area contributed by atoms with Crippen molar-refractivity contribution in [2.24, 2.45) is 0 Å². The smallest absolute Gasteiger partial charge is 0.172 e. The van der Waals surface area contributed by atoms with E-state index >= 15 is 0 Å². The second-order valence-corrected chi connectivity index (χ2v) is 5.46. The summed E-state index contributed by atoms with van der Waals surface area (Å²) in [4.78, 5) is 2.70. The minimum Gasteiger partial charge on any atom is -0.740 e. The predicted octanol–water partition coefficient (Wildman–Crippen LogP) is 0.837. The van der Waals surface area contributed by atoms with E-state index in [0.29, 0.717) is 5.16 Å². The van der Waals surface area contributed by atoms with Crippen molar-refractivity contribution in [1.29, 1.82) is 0 Å². The van der Waals surface area contributed by atoms with Crippen molar-refractivity contribution in [3.05, 3.63) is 17.5 Å². The third-order valence-corrected chi connectivity index (χ3v) is 4.32. The summed E-state index contributed by atoms with van der Waals surface area (Å²) in [6.07, 6.45) is 0. The van der Waals surface area contributed by atoms with E-state index in [1.807, 2.05) is 16.0 Å². The fourth-order valence-corrected chi connectivity index (χ4v) is 2.89. The molecule has 2 rings (SSSR count). The van der Waals surface area contributed by atoms with Gasteiger partial charge in [-0.3, -0.25) is 0 Å². The lowest BCUT2D eigenvalue weighted by Crippen LogP contribution is -3.11. The number of aromatic nitrogens is 3. The number of likely N-dealkylation sites (N-methyl/N-ethyl adjacent to an activating group) is 1. The van der Waals surface area contributed by atoms with Crippen molar-refractivity contribution < 1.29 is 4.90 Å². The minimum atomic E-state index is 0.588. The predicted molar refractivity (Wildman–Crippen MR) is 75.9 cm³/mol. The molecule has 0 aliphatic heterocycles. The molecule has 2 heterocycles. The molecule has 0 saturated carbocycles. The van der Waals surface area contributed by atoms with Crippen LogP contribution in [0.15, 0.2) is 22.7 Å². The van der Waals surface area contributed by atoms with Gasteiger partial charge in [0.25, 0.3) is 0 Å². The van der Waals surface area contributed by atoms with Crippen LogP contribution in [0, 0.1) is 0 Å². The summed E-state index contributed by atoms with van der Waals surface area (Å²) in [7, 11) is 0. The van der Waals surface area contributed by atoms with E-state index in [2.05, 4.69) is 30.1 Å². The highest BCUT2D eigenvalue weighted by atomic mass is 32.1. The van der Waals surface area contributed by atoms with Crippen molar-refractivity contribution in [2.75, 3.05) is 19.6 Å². The fraction of sp³-hybridized carbons (Fsp3) is 0.500. The van der Waals surface area contributed by atoms with E-state index in [-0.39, 0.29) is 0 Å². The summed E-state index contributed by atoms with van der Waals surface area (Å²) in [5.74, 6) is 0.904. The second kappa shape index (κ2) is 6.26. The normalized spacial score (nSPS) is 11.3. The molecule has 1 N–H and O–H groups in total. The molecule has 0 fully saturated rings. The number of quaternary nitrogens is 1. The van der Waals surface area contributed by atoms with Crippen LogP contribution in [-0.2, 0) is 19.2 Å². The lowest BCUT2D eigenvalue weighted by atomic mass is 10.4. The van der Waals surface area contributed by atoms with Crippen LogP contribution < -0.4 is 4.90 Å². The van der Waals surface area contributed by atoms with E-state index in [1.165, 1.54) is 0 Å². The standard InChI is InChI=1S/C12H18N4S2/c1-3-15(4-2)7-8-16-11(13-14-12(16)17)10-6-5-9-18-10/h5-6,9H,3-4,7-8H2,1-2H3,(H,14,17). The first-order chi connectivity index (χ1) is 8.76. The Bertz CT molecular complexity index is 474. The number of nitrogens with one attached hydrogen (secondary N) is 1. The quantitative estimate of drug-likeness (QED) is 0.797. The molecule has 0 bridgehead atoms. The van der Waals surface area contributed by atoms with E-state index < -0.39 is 0 Å². The Kier molecular flexibility index (Phi) is 4.68. The van der Waals surface area contributed by atoms with Gasteiger partial charge in [0, 0.05) is 5.16 Å². The van der Waals surface area contributed by atoms with Gasteiger partial charge in [0.2, 0.25) is 0 Å². The van der Waals surface area contributed by atoms with Gasteiger partial charge in [-0.15, -0.1) is 16.4 Å². The van der Waals surface area contributed by atoms with Gasteiger partial charge in [-0.2, -0.15) is 5.10 Å². The highest BCUT2D eigenvalue weighted by Gasteiger charge is 2.11. The summed E-state index contributed by atoms with van der Waals surface area (Å²) in [5, 5.41) is 10.9. The van der Waals surface area contributed by atoms with Crippen molar-refractivity contribution in [3.63, 3.8) is 0 Å². The minimum absolute atomic E-state index is 0.588. The summed E-state index contributed by atoms with van der Waals surface area (Å²) in [6, 6.07) is 4.09. The van der Waals surface area contributed by atoms with Gasteiger partial charge in [0.1, 0.15) is 0 Å². The topological polar surface area (TPSA) is 35.2 Å². The summed E-state index contributed by atoms with van der Waals surface area (Å²) in [5.41, 5.74) is 0. The second-order valence-electron chi connectivity index (χ2n) is 4.14. The van der Waals surface area contributed by atoms with Crippen LogP contribution in [0.25, 0.3) is 10.7 Å². The van der Waals surface area contributed by atoms with Gasteiger partial charge < -0.3 is 22.1 Å².